The molecule has 3 fully saturated rings. The Balaban J connectivity index is 2.05. The van der Waals surface area contributed by atoms with Gasteiger partial charge in [0.1, 0.15) is 6.04 Å². The van der Waals surface area contributed by atoms with E-state index in [0.717, 1.165) is 19.3 Å². The van der Waals surface area contributed by atoms with Gasteiger partial charge < -0.3 is 19.8 Å². The van der Waals surface area contributed by atoms with E-state index in [4.69, 9.17) is 0 Å². The van der Waals surface area contributed by atoms with Gasteiger partial charge in [-0.2, -0.15) is 0 Å². The number of likely N-dealkylation sites (N-methyl/N-ethyl adjacent to an activating group) is 1. The van der Waals surface area contributed by atoms with Crippen molar-refractivity contribution in [3.8, 4) is 0 Å². The van der Waals surface area contributed by atoms with Gasteiger partial charge in [0.05, 0.1) is 16.6 Å². The van der Waals surface area contributed by atoms with Crippen molar-refractivity contribution >= 4 is 29.5 Å². The number of carbonyl (C=O) groups excluding carboxylic acids is 3. The van der Waals surface area contributed by atoms with Gasteiger partial charge in [-0.3, -0.25) is 14.4 Å². The Kier molecular flexibility index (Phi) is 8.41. The van der Waals surface area contributed by atoms with Crippen molar-refractivity contribution in [2.24, 2.45) is 17.3 Å². The van der Waals surface area contributed by atoms with Crippen LogP contribution < -0.4 is 0 Å². The number of nitrogens with zero attached hydrogens (tertiary/aromatic N) is 3. The Bertz CT molecular complexity index is 898. The van der Waals surface area contributed by atoms with Crippen LogP contribution in [0.4, 0.5) is 0 Å². The summed E-state index contributed by atoms with van der Waals surface area (Å²) in [6.07, 6.45) is 6.18. The Hall–Kier alpha value is -1.80. The molecule has 3 heterocycles. The van der Waals surface area contributed by atoms with E-state index in [1.54, 1.807) is 40.8 Å². The molecule has 36 heavy (non-hydrogen) atoms. The number of thioether (sulfide) groups is 1. The molecular formula is C28H45N3O4S. The number of amides is 3. The smallest absolute Gasteiger partial charge is 0.247 e. The van der Waals surface area contributed by atoms with Crippen LogP contribution in [0.2, 0.25) is 0 Å². The maximum atomic E-state index is 14.5. The van der Waals surface area contributed by atoms with Crippen LogP contribution in [0, 0.1) is 17.3 Å². The van der Waals surface area contributed by atoms with Gasteiger partial charge in [0.15, 0.2) is 0 Å². The number of aliphatic hydroxyl groups is 1. The normalized spacial score (nSPS) is 29.3. The quantitative estimate of drug-likeness (QED) is 0.424. The van der Waals surface area contributed by atoms with E-state index in [9.17, 15) is 19.5 Å². The molecule has 5 atom stereocenters. The summed E-state index contributed by atoms with van der Waals surface area (Å²) in [6, 6.07) is -0.654. The number of hydrogen-bond donors (Lipinski definition) is 1. The lowest BCUT2D eigenvalue weighted by atomic mass is 9.70. The largest absolute Gasteiger partial charge is 0.396 e. The lowest BCUT2D eigenvalue weighted by Crippen LogP contribution is -2.60. The lowest BCUT2D eigenvalue weighted by Gasteiger charge is -2.46. The van der Waals surface area contributed by atoms with Gasteiger partial charge in [-0.1, -0.05) is 32.9 Å². The molecule has 3 amide bonds. The van der Waals surface area contributed by atoms with Gasteiger partial charge in [0.2, 0.25) is 17.7 Å². The van der Waals surface area contributed by atoms with Crippen molar-refractivity contribution in [3.63, 3.8) is 0 Å². The fraction of sp³-hybridized carbons (Fsp3) is 0.750. The zero-order chi connectivity index (χ0) is 27.1. The van der Waals surface area contributed by atoms with Gasteiger partial charge in [-0.15, -0.1) is 24.9 Å². The third-order valence-electron chi connectivity index (χ3n) is 7.93. The van der Waals surface area contributed by atoms with Crippen molar-refractivity contribution in [1.82, 2.24) is 14.7 Å². The minimum absolute atomic E-state index is 0.0000929. The molecule has 3 rings (SSSR count). The molecule has 3 aliphatic rings. The van der Waals surface area contributed by atoms with Crippen molar-refractivity contribution in [2.75, 3.05) is 33.3 Å². The van der Waals surface area contributed by atoms with Crippen molar-refractivity contribution in [2.45, 2.75) is 81.9 Å². The van der Waals surface area contributed by atoms with E-state index < -0.39 is 28.2 Å². The molecule has 0 saturated carbocycles. The molecule has 0 aromatic rings. The van der Waals surface area contributed by atoms with Crippen LogP contribution in [0.1, 0.15) is 60.3 Å². The average molecular weight is 520 g/mol. The third kappa shape index (κ3) is 5.00. The van der Waals surface area contributed by atoms with E-state index in [2.05, 4.69) is 47.8 Å². The highest BCUT2D eigenvalue weighted by atomic mass is 32.2. The van der Waals surface area contributed by atoms with Gasteiger partial charge in [0.25, 0.3) is 0 Å². The highest BCUT2D eigenvalue weighted by molar-refractivity contribution is 8.02. The van der Waals surface area contributed by atoms with Crippen LogP contribution in [0.25, 0.3) is 0 Å². The van der Waals surface area contributed by atoms with Crippen LogP contribution in [0.3, 0.4) is 0 Å². The summed E-state index contributed by atoms with van der Waals surface area (Å²) in [5.41, 5.74) is -0.454. The summed E-state index contributed by atoms with van der Waals surface area (Å²) in [5.74, 6) is -1.19. The van der Waals surface area contributed by atoms with Gasteiger partial charge >= 0.3 is 0 Å². The average Bonchev–Trinajstić information content (AvgIpc) is 3.41. The summed E-state index contributed by atoms with van der Waals surface area (Å²) in [7, 11) is 1.75. The van der Waals surface area contributed by atoms with Crippen LogP contribution in [0.15, 0.2) is 25.3 Å². The topological polar surface area (TPSA) is 81.2 Å². The van der Waals surface area contributed by atoms with Crippen molar-refractivity contribution in [3.05, 3.63) is 25.3 Å². The van der Waals surface area contributed by atoms with E-state index in [-0.39, 0.29) is 35.0 Å². The van der Waals surface area contributed by atoms with Crippen LogP contribution in [0.5, 0.6) is 0 Å². The second kappa shape index (κ2) is 10.5. The first-order chi connectivity index (χ1) is 16.8. The zero-order valence-corrected chi connectivity index (χ0v) is 23.8. The van der Waals surface area contributed by atoms with Gasteiger partial charge in [0, 0.05) is 44.1 Å². The van der Waals surface area contributed by atoms with E-state index in [1.165, 1.54) is 0 Å². The summed E-state index contributed by atoms with van der Waals surface area (Å²) in [4.78, 5) is 47.2. The Morgan fingerprint density at radius 2 is 1.81 bits per heavy atom. The van der Waals surface area contributed by atoms with Crippen LogP contribution in [-0.2, 0) is 14.4 Å². The predicted octanol–water partition coefficient (Wildman–Crippen LogP) is 3.33. The minimum atomic E-state index is -0.654. The highest BCUT2D eigenvalue weighted by Crippen LogP contribution is 2.66. The number of likely N-dealkylation sites (tertiary alicyclic amines) is 1. The monoisotopic (exact) mass is 519 g/mol. The maximum Gasteiger partial charge on any atom is 0.247 e. The van der Waals surface area contributed by atoms with Gasteiger partial charge in [-0.05, 0) is 44.9 Å². The molecule has 2 bridgehead atoms. The number of fused-ring (bicyclic) bond motifs is 1. The second-order valence-corrected chi connectivity index (χ2v) is 14.1. The van der Waals surface area contributed by atoms with E-state index in [1.807, 2.05) is 4.90 Å². The number of hydrogen-bond acceptors (Lipinski definition) is 5. The first kappa shape index (κ1) is 28.8. The molecule has 0 aromatic heterocycles. The SMILES string of the molecule is C=CCN(C)C(=O)[C@@H]1[C@H]2C(=O)N(CCCO)C(C(=O)N(CC=C)C(C)(C)CC(C)(C)C)C23CC[C@H]1S3. The molecule has 8 heteroatoms. The molecule has 3 aliphatic heterocycles. The standard InChI is InChI=1S/C28H45N3O4S/c1-9-14-29(8)23(33)20-19-12-13-28(36-19)21(20)24(34)30(16-11-17-32)22(28)25(35)31(15-10-2)27(6,7)18-26(3,4)5/h9-10,19-22,32H,1-2,11-18H2,3-8H3/t19-,20+,21+,22?,28?/m1/s1. The molecule has 1 spiro atoms. The maximum absolute atomic E-state index is 14.5. The van der Waals surface area contributed by atoms with Crippen molar-refractivity contribution in [1.29, 1.82) is 0 Å². The molecule has 3 saturated heterocycles. The zero-order valence-electron chi connectivity index (χ0n) is 23.0. The predicted molar refractivity (Wildman–Crippen MR) is 145 cm³/mol. The molecule has 2 unspecified atom stereocenters. The Morgan fingerprint density at radius 3 is 2.36 bits per heavy atom. The minimum Gasteiger partial charge on any atom is -0.396 e. The van der Waals surface area contributed by atoms with Crippen molar-refractivity contribution < 1.29 is 19.5 Å². The van der Waals surface area contributed by atoms with E-state index in [0.29, 0.717) is 26.1 Å². The summed E-state index contributed by atoms with van der Waals surface area (Å²) in [6.45, 7) is 19.4. The molecule has 0 aromatic carbocycles. The molecule has 202 valence electrons. The molecular weight excluding hydrogens is 474 g/mol. The Morgan fingerprint density at radius 1 is 1.17 bits per heavy atom. The number of rotatable bonds is 11. The molecule has 7 nitrogen and oxygen atoms in total. The molecule has 0 radical (unpaired) electrons. The molecule has 0 aliphatic carbocycles. The van der Waals surface area contributed by atoms with Crippen LogP contribution >= 0.6 is 11.8 Å². The van der Waals surface area contributed by atoms with Gasteiger partial charge in [-0.25, -0.2) is 0 Å². The number of aliphatic hydroxyl groups excluding tert-OH is 1. The first-order valence-corrected chi connectivity index (χ1v) is 14.0. The lowest BCUT2D eigenvalue weighted by molar-refractivity contribution is -0.147. The van der Waals surface area contributed by atoms with Crippen LogP contribution in [-0.4, -0.2) is 92.4 Å². The Labute approximate surface area is 221 Å². The second-order valence-electron chi connectivity index (χ2n) is 12.5. The summed E-state index contributed by atoms with van der Waals surface area (Å²) < 4.78 is -0.624. The number of carbonyl (C=O) groups is 3. The first-order valence-electron chi connectivity index (χ1n) is 13.1. The summed E-state index contributed by atoms with van der Waals surface area (Å²) in [5, 5.41) is 9.60. The third-order valence-corrected chi connectivity index (χ3v) is 9.88. The fourth-order valence-corrected chi connectivity index (χ4v) is 9.25. The highest BCUT2D eigenvalue weighted by Gasteiger charge is 2.74. The molecule has 1 N–H and O–H groups in total. The summed E-state index contributed by atoms with van der Waals surface area (Å²) >= 11 is 1.69. The fourth-order valence-electron chi connectivity index (χ4n) is 7.04. The van der Waals surface area contributed by atoms with E-state index >= 15 is 0 Å².